The van der Waals surface area contributed by atoms with Crippen LogP contribution in [0.5, 0.6) is 5.88 Å². The number of allylic oxidation sites excluding steroid dienone is 4. The molecule has 6 heteroatoms. The van der Waals surface area contributed by atoms with Gasteiger partial charge in [-0.05, 0) is 57.8 Å². The predicted molar refractivity (Wildman–Crippen MR) is 97.6 cm³/mol. The van der Waals surface area contributed by atoms with Crippen LogP contribution < -0.4 is 4.74 Å². The first-order valence-corrected chi connectivity index (χ1v) is 8.38. The minimum Gasteiger partial charge on any atom is -0.439 e. The molecule has 0 atom stereocenters. The number of pyridine rings is 1. The van der Waals surface area contributed by atoms with Crippen LogP contribution in [0.4, 0.5) is 4.39 Å². The van der Waals surface area contributed by atoms with Gasteiger partial charge in [0, 0.05) is 6.07 Å². The molecule has 0 aliphatic carbocycles. The Labute approximate surface area is 149 Å². The van der Waals surface area contributed by atoms with E-state index in [-0.39, 0.29) is 5.88 Å². The van der Waals surface area contributed by atoms with Gasteiger partial charge < -0.3 is 14.0 Å². The van der Waals surface area contributed by atoms with Crippen LogP contribution in [0, 0.1) is 5.95 Å². The van der Waals surface area contributed by atoms with Crippen molar-refractivity contribution in [3.63, 3.8) is 0 Å². The van der Waals surface area contributed by atoms with Crippen LogP contribution in [0.2, 0.25) is 0 Å². The van der Waals surface area contributed by atoms with Gasteiger partial charge in [0.2, 0.25) is 11.8 Å². The maximum atomic E-state index is 13.2. The van der Waals surface area contributed by atoms with Crippen LogP contribution in [0.1, 0.15) is 41.0 Å². The van der Waals surface area contributed by atoms with E-state index >= 15 is 0 Å². The maximum Gasteiger partial charge on any atom is 0.494 e. The molecule has 0 bridgehead atoms. The molecule has 4 nitrogen and oxygen atoms in total. The Bertz CT molecular complexity index is 682. The third kappa shape index (κ3) is 4.80. The van der Waals surface area contributed by atoms with Crippen LogP contribution >= 0.6 is 0 Å². The lowest BCUT2D eigenvalue weighted by molar-refractivity contribution is 0.00578. The number of hydrogen-bond donors (Lipinski definition) is 0. The lowest BCUT2D eigenvalue weighted by Crippen LogP contribution is -2.41. The smallest absolute Gasteiger partial charge is 0.439 e. The van der Waals surface area contributed by atoms with Gasteiger partial charge >= 0.3 is 7.12 Å². The second kappa shape index (κ2) is 7.54. The van der Waals surface area contributed by atoms with Crippen molar-refractivity contribution in [1.82, 2.24) is 4.98 Å². The zero-order valence-electron chi connectivity index (χ0n) is 15.5. The zero-order chi connectivity index (χ0) is 18.7. The first-order valence-electron chi connectivity index (χ1n) is 8.38. The number of ether oxygens (including phenoxy) is 1. The monoisotopic (exact) mass is 345 g/mol. The summed E-state index contributed by atoms with van der Waals surface area (Å²) >= 11 is 0. The quantitative estimate of drug-likeness (QED) is 0.326. The molecule has 134 valence electrons. The molecular weight excluding hydrogens is 320 g/mol. The summed E-state index contributed by atoms with van der Waals surface area (Å²) in [7, 11) is -0.517. The lowest BCUT2D eigenvalue weighted by Gasteiger charge is -2.32. The van der Waals surface area contributed by atoms with Crippen molar-refractivity contribution in [3.8, 4) is 5.88 Å². The predicted octanol–water partition coefficient (Wildman–Crippen LogP) is 4.64. The summed E-state index contributed by atoms with van der Waals surface area (Å²) in [4.78, 5) is 3.70. The molecule has 2 heterocycles. The standard InChI is InChI=1S/C19H25BFNO3/c1-7-9-15(23-17-11-8-10-16(21)22-17)13-12-14(2)20-24-18(3,4)19(5,6)25-20/h8-13H,2,7H2,1,3-6H3. The van der Waals surface area contributed by atoms with Crippen LogP contribution in [-0.4, -0.2) is 23.3 Å². The summed E-state index contributed by atoms with van der Waals surface area (Å²) in [6.07, 6.45) is 6.17. The maximum absolute atomic E-state index is 13.2. The van der Waals surface area contributed by atoms with Crippen LogP contribution in [0.15, 0.2) is 54.2 Å². The Hall–Kier alpha value is -1.92. The van der Waals surface area contributed by atoms with Crippen LogP contribution in [-0.2, 0) is 9.31 Å². The van der Waals surface area contributed by atoms with E-state index in [4.69, 9.17) is 14.0 Å². The molecule has 1 aromatic rings. The molecule has 2 rings (SSSR count). The van der Waals surface area contributed by atoms with Gasteiger partial charge in [-0.15, -0.1) is 0 Å². The second-order valence-corrected chi connectivity index (χ2v) is 6.91. The molecule has 0 saturated carbocycles. The van der Waals surface area contributed by atoms with E-state index in [0.717, 1.165) is 6.42 Å². The average Bonchev–Trinajstić information content (AvgIpc) is 2.73. The molecule has 1 aliphatic rings. The molecule has 0 aromatic carbocycles. The lowest BCUT2D eigenvalue weighted by atomic mass is 9.79. The van der Waals surface area contributed by atoms with Gasteiger partial charge in [-0.25, -0.2) is 0 Å². The first kappa shape index (κ1) is 19.4. The Morgan fingerprint density at radius 1 is 1.24 bits per heavy atom. The minimum absolute atomic E-state index is 0.200. The fourth-order valence-corrected chi connectivity index (χ4v) is 2.17. The Kier molecular flexibility index (Phi) is 5.85. The summed E-state index contributed by atoms with van der Waals surface area (Å²) in [6.45, 7) is 14.0. The molecule has 0 amide bonds. The zero-order valence-corrected chi connectivity index (χ0v) is 15.5. The molecule has 1 aliphatic heterocycles. The number of aromatic nitrogens is 1. The van der Waals surface area contributed by atoms with E-state index in [0.29, 0.717) is 11.2 Å². The molecular formula is C19H25BFNO3. The molecule has 1 fully saturated rings. The summed E-state index contributed by atoms with van der Waals surface area (Å²) in [5.74, 6) is 0.169. The van der Waals surface area contributed by atoms with Crippen molar-refractivity contribution in [1.29, 1.82) is 0 Å². The second-order valence-electron chi connectivity index (χ2n) is 6.91. The van der Waals surface area contributed by atoms with Gasteiger partial charge in [0.1, 0.15) is 5.76 Å². The number of nitrogens with zero attached hydrogens (tertiary/aromatic N) is 1. The number of halogens is 1. The normalized spacial score (nSPS) is 19.4. The van der Waals surface area contributed by atoms with Gasteiger partial charge in [0.15, 0.2) is 0 Å². The molecule has 0 unspecified atom stereocenters. The third-order valence-electron chi connectivity index (χ3n) is 4.33. The Morgan fingerprint density at radius 3 is 2.44 bits per heavy atom. The average molecular weight is 345 g/mol. The van der Waals surface area contributed by atoms with E-state index in [1.165, 1.54) is 6.07 Å². The van der Waals surface area contributed by atoms with E-state index in [1.54, 1.807) is 24.3 Å². The fourth-order valence-electron chi connectivity index (χ4n) is 2.17. The van der Waals surface area contributed by atoms with Gasteiger partial charge in [-0.3, -0.25) is 0 Å². The highest BCUT2D eigenvalue weighted by Gasteiger charge is 2.51. The summed E-state index contributed by atoms with van der Waals surface area (Å²) in [5.41, 5.74) is -0.159. The molecule has 0 N–H and O–H groups in total. The largest absolute Gasteiger partial charge is 0.494 e. The Balaban J connectivity index is 2.07. The van der Waals surface area contributed by atoms with Crippen molar-refractivity contribution in [2.24, 2.45) is 0 Å². The van der Waals surface area contributed by atoms with Crippen LogP contribution in [0.25, 0.3) is 0 Å². The van der Waals surface area contributed by atoms with Gasteiger partial charge in [0.25, 0.3) is 0 Å². The molecule has 1 aromatic heterocycles. The van der Waals surface area contributed by atoms with Gasteiger partial charge in [0.05, 0.1) is 11.2 Å². The summed E-state index contributed by atoms with van der Waals surface area (Å²) < 4.78 is 30.7. The van der Waals surface area contributed by atoms with Crippen LogP contribution in [0.3, 0.4) is 0 Å². The SMILES string of the molecule is C=C(C=CC(=CCC)Oc1cccc(F)n1)B1OC(C)(C)C(C)(C)O1. The van der Waals surface area contributed by atoms with E-state index < -0.39 is 24.3 Å². The van der Waals surface area contributed by atoms with Crippen molar-refractivity contribution >= 4 is 7.12 Å². The van der Waals surface area contributed by atoms with Crippen molar-refractivity contribution in [3.05, 3.63) is 60.2 Å². The highest BCUT2D eigenvalue weighted by atomic mass is 19.1. The minimum atomic E-state index is -0.584. The van der Waals surface area contributed by atoms with E-state index in [2.05, 4.69) is 11.6 Å². The molecule has 1 saturated heterocycles. The topological polar surface area (TPSA) is 40.6 Å². The van der Waals surface area contributed by atoms with E-state index in [1.807, 2.05) is 40.7 Å². The van der Waals surface area contributed by atoms with Crippen molar-refractivity contribution in [2.75, 3.05) is 0 Å². The van der Waals surface area contributed by atoms with E-state index in [9.17, 15) is 4.39 Å². The number of rotatable bonds is 6. The highest BCUT2D eigenvalue weighted by molar-refractivity contribution is 6.55. The third-order valence-corrected chi connectivity index (χ3v) is 4.33. The highest BCUT2D eigenvalue weighted by Crippen LogP contribution is 2.38. The van der Waals surface area contributed by atoms with Crippen molar-refractivity contribution in [2.45, 2.75) is 52.2 Å². The van der Waals surface area contributed by atoms with Gasteiger partial charge in [-0.2, -0.15) is 9.37 Å². The molecule has 25 heavy (non-hydrogen) atoms. The van der Waals surface area contributed by atoms with Gasteiger partial charge in [-0.1, -0.05) is 25.6 Å². The Morgan fingerprint density at radius 2 is 1.88 bits per heavy atom. The summed E-state index contributed by atoms with van der Waals surface area (Å²) in [6, 6.07) is 4.42. The molecule has 0 spiro atoms. The van der Waals surface area contributed by atoms with Crippen molar-refractivity contribution < 1.29 is 18.4 Å². The summed E-state index contributed by atoms with van der Waals surface area (Å²) in [5, 5.41) is 0. The number of hydrogen-bond acceptors (Lipinski definition) is 4. The fraction of sp³-hybridized carbons (Fsp3) is 0.421. The first-order chi connectivity index (χ1) is 11.6. The molecule has 0 radical (unpaired) electrons.